The molecule has 1 aliphatic carbocycles. The quantitative estimate of drug-likeness (QED) is 0.319. The van der Waals surface area contributed by atoms with Crippen molar-refractivity contribution in [3.63, 3.8) is 0 Å². The molecule has 0 saturated carbocycles. The summed E-state index contributed by atoms with van der Waals surface area (Å²) < 4.78 is 18.0. The van der Waals surface area contributed by atoms with Gasteiger partial charge in [-0.25, -0.2) is 4.79 Å². The number of para-hydroxylation sites is 1. The minimum absolute atomic E-state index is 0.216. The van der Waals surface area contributed by atoms with Crippen LogP contribution in [0.4, 0.5) is 0 Å². The number of hydrogen-bond acceptors (Lipinski definition) is 5. The number of allylic oxidation sites excluding steroid dienone is 2. The summed E-state index contributed by atoms with van der Waals surface area (Å²) in [6.07, 6.45) is 8.26. The Labute approximate surface area is 183 Å². The van der Waals surface area contributed by atoms with Crippen LogP contribution < -0.4 is 9.47 Å². The van der Waals surface area contributed by atoms with Crippen molar-refractivity contribution in [1.82, 2.24) is 4.57 Å². The fourth-order valence-electron chi connectivity index (χ4n) is 4.15. The number of methoxy groups -OCH3 is 2. The second kappa shape index (κ2) is 10.3. The molecule has 31 heavy (non-hydrogen) atoms. The van der Waals surface area contributed by atoms with Crippen LogP contribution in [0, 0.1) is 13.8 Å². The molecule has 0 saturated heterocycles. The molecule has 0 atom stereocenters. The minimum Gasteiger partial charge on any atom is -0.493 e. The Bertz CT molecular complexity index is 986. The van der Waals surface area contributed by atoms with E-state index >= 15 is 0 Å². The predicted molar refractivity (Wildman–Crippen MR) is 119 cm³/mol. The number of carbonyl (C=O) groups excluding carboxylic acids is 2. The van der Waals surface area contributed by atoms with Crippen LogP contribution in [0.15, 0.2) is 35.9 Å². The highest BCUT2D eigenvalue weighted by molar-refractivity contribution is 6.01. The van der Waals surface area contributed by atoms with Crippen molar-refractivity contribution in [3.8, 4) is 11.5 Å². The van der Waals surface area contributed by atoms with Gasteiger partial charge in [-0.2, -0.15) is 0 Å². The number of benzene rings is 1. The third kappa shape index (κ3) is 5.19. The lowest BCUT2D eigenvalue weighted by molar-refractivity contribution is 0.0471. The van der Waals surface area contributed by atoms with E-state index in [-0.39, 0.29) is 23.7 Å². The van der Waals surface area contributed by atoms with E-state index in [1.54, 1.807) is 18.2 Å². The Balaban J connectivity index is 1.66. The molecule has 1 aliphatic rings. The number of hydrogen-bond donors (Lipinski definition) is 0. The van der Waals surface area contributed by atoms with Crippen LogP contribution in [-0.2, 0) is 11.3 Å². The third-order valence-corrected chi connectivity index (χ3v) is 5.87. The largest absolute Gasteiger partial charge is 0.493 e. The van der Waals surface area contributed by atoms with E-state index in [2.05, 4.69) is 10.6 Å². The zero-order valence-electron chi connectivity index (χ0n) is 18.8. The van der Waals surface area contributed by atoms with Crippen molar-refractivity contribution < 1.29 is 23.8 Å². The van der Waals surface area contributed by atoms with Gasteiger partial charge >= 0.3 is 5.97 Å². The monoisotopic (exact) mass is 425 g/mol. The lowest BCUT2D eigenvalue weighted by Gasteiger charge is -2.15. The Kier molecular flexibility index (Phi) is 7.55. The molecule has 0 radical (unpaired) electrons. The van der Waals surface area contributed by atoms with E-state index in [1.165, 1.54) is 45.5 Å². The Hall–Kier alpha value is -3.02. The van der Waals surface area contributed by atoms with Crippen LogP contribution in [0.2, 0.25) is 0 Å². The fourth-order valence-corrected chi connectivity index (χ4v) is 4.15. The van der Waals surface area contributed by atoms with Gasteiger partial charge in [0, 0.05) is 23.5 Å². The molecule has 0 unspecified atom stereocenters. The number of ketones is 1. The number of aryl methyl sites for hydroxylation is 1. The van der Waals surface area contributed by atoms with E-state index in [0.29, 0.717) is 11.3 Å². The van der Waals surface area contributed by atoms with Crippen molar-refractivity contribution in [2.45, 2.75) is 52.5 Å². The number of rotatable bonds is 9. The summed E-state index contributed by atoms with van der Waals surface area (Å²) >= 11 is 0. The molecule has 1 aromatic heterocycles. The molecule has 0 fully saturated rings. The molecule has 0 N–H and O–H groups in total. The highest BCUT2D eigenvalue weighted by Gasteiger charge is 2.21. The fraction of sp³-hybridized carbons (Fsp3) is 0.440. The number of ether oxygens (including phenoxy) is 3. The highest BCUT2D eigenvalue weighted by Crippen LogP contribution is 2.31. The molecule has 1 aromatic carbocycles. The molecule has 0 spiro atoms. The molecule has 6 nitrogen and oxygen atoms in total. The first-order valence-corrected chi connectivity index (χ1v) is 10.7. The predicted octanol–water partition coefficient (Wildman–Crippen LogP) is 5.05. The van der Waals surface area contributed by atoms with Gasteiger partial charge in [0.05, 0.1) is 14.2 Å². The van der Waals surface area contributed by atoms with Gasteiger partial charge in [-0.15, -0.1) is 0 Å². The van der Waals surface area contributed by atoms with Gasteiger partial charge < -0.3 is 18.8 Å². The van der Waals surface area contributed by atoms with E-state index in [0.717, 1.165) is 24.4 Å². The van der Waals surface area contributed by atoms with Gasteiger partial charge in [-0.05, 0) is 64.2 Å². The van der Waals surface area contributed by atoms with Gasteiger partial charge in [0.25, 0.3) is 0 Å². The van der Waals surface area contributed by atoms with Gasteiger partial charge in [0.1, 0.15) is 5.56 Å². The highest BCUT2D eigenvalue weighted by atomic mass is 16.5. The van der Waals surface area contributed by atoms with Crippen LogP contribution in [-0.4, -0.2) is 37.1 Å². The average molecular weight is 426 g/mol. The molecule has 1 heterocycles. The van der Waals surface area contributed by atoms with Crippen molar-refractivity contribution in [2.75, 3.05) is 20.8 Å². The van der Waals surface area contributed by atoms with E-state index in [9.17, 15) is 9.59 Å². The number of esters is 1. The Morgan fingerprint density at radius 2 is 1.87 bits per heavy atom. The molecule has 0 bridgehead atoms. The van der Waals surface area contributed by atoms with Crippen molar-refractivity contribution in [1.29, 1.82) is 0 Å². The van der Waals surface area contributed by atoms with E-state index in [4.69, 9.17) is 14.2 Å². The van der Waals surface area contributed by atoms with Gasteiger partial charge in [-0.3, -0.25) is 4.79 Å². The van der Waals surface area contributed by atoms with Crippen molar-refractivity contribution in [3.05, 3.63) is 58.4 Å². The maximum Gasteiger partial charge on any atom is 0.342 e. The zero-order chi connectivity index (χ0) is 22.4. The number of Topliss-reactive ketones (excluding diaryl/α,β-unsaturated/α-hetero) is 1. The van der Waals surface area contributed by atoms with E-state index in [1.807, 2.05) is 19.9 Å². The van der Waals surface area contributed by atoms with Crippen molar-refractivity contribution >= 4 is 11.8 Å². The summed E-state index contributed by atoms with van der Waals surface area (Å²) in [5.41, 5.74) is 4.28. The zero-order valence-corrected chi connectivity index (χ0v) is 18.8. The molecule has 2 aromatic rings. The summed E-state index contributed by atoms with van der Waals surface area (Å²) in [4.78, 5) is 25.3. The lowest BCUT2D eigenvalue weighted by Crippen LogP contribution is -2.16. The molecular weight excluding hydrogens is 394 g/mol. The normalized spacial score (nSPS) is 13.5. The SMILES string of the molecule is COc1cccc(C(=O)OCC(=O)c2cc(C)n(CCC3=CCCCC3)c2C)c1OC. The molecule has 6 heteroatoms. The molecule has 3 rings (SSSR count). The maximum atomic E-state index is 12.8. The lowest BCUT2D eigenvalue weighted by atomic mass is 9.97. The Morgan fingerprint density at radius 3 is 2.55 bits per heavy atom. The van der Waals surface area contributed by atoms with Crippen molar-refractivity contribution in [2.24, 2.45) is 0 Å². The van der Waals surface area contributed by atoms with E-state index < -0.39 is 5.97 Å². The first-order chi connectivity index (χ1) is 15.0. The number of nitrogens with zero attached hydrogens (tertiary/aromatic N) is 1. The summed E-state index contributed by atoms with van der Waals surface area (Å²) in [6, 6.07) is 6.83. The number of carbonyl (C=O) groups is 2. The summed E-state index contributed by atoms with van der Waals surface area (Å²) in [5.74, 6) is -0.119. The summed E-state index contributed by atoms with van der Waals surface area (Å²) in [5, 5.41) is 0. The number of aromatic nitrogens is 1. The Morgan fingerprint density at radius 1 is 1.06 bits per heavy atom. The summed E-state index contributed by atoms with van der Waals surface area (Å²) in [7, 11) is 2.95. The third-order valence-electron chi connectivity index (χ3n) is 5.87. The molecule has 166 valence electrons. The molecule has 0 amide bonds. The first-order valence-electron chi connectivity index (χ1n) is 10.7. The smallest absolute Gasteiger partial charge is 0.342 e. The van der Waals surface area contributed by atoms with Crippen LogP contribution in [0.25, 0.3) is 0 Å². The van der Waals surface area contributed by atoms with Gasteiger partial charge in [0.15, 0.2) is 18.1 Å². The van der Waals surface area contributed by atoms with Gasteiger partial charge in [0.2, 0.25) is 5.78 Å². The van der Waals surface area contributed by atoms with Crippen LogP contribution >= 0.6 is 0 Å². The maximum absolute atomic E-state index is 12.8. The molecular formula is C25H31NO5. The van der Waals surface area contributed by atoms with Crippen LogP contribution in [0.1, 0.15) is 64.2 Å². The standard InChI is InChI=1S/C25H31NO5/c1-17-15-21(18(2)26(17)14-13-19-9-6-5-7-10-19)22(27)16-31-25(28)20-11-8-12-23(29-3)24(20)30-4/h8-9,11-12,15H,5-7,10,13-14,16H2,1-4H3. The second-order valence-corrected chi connectivity index (χ2v) is 7.83. The summed E-state index contributed by atoms with van der Waals surface area (Å²) in [6.45, 7) is 4.49. The van der Waals surface area contributed by atoms with Crippen LogP contribution in [0.3, 0.4) is 0 Å². The first kappa shape index (κ1) is 22.7. The second-order valence-electron chi connectivity index (χ2n) is 7.83. The van der Waals surface area contributed by atoms with Crippen LogP contribution in [0.5, 0.6) is 11.5 Å². The average Bonchev–Trinajstić information content (AvgIpc) is 3.09. The minimum atomic E-state index is -0.623. The topological polar surface area (TPSA) is 66.8 Å². The molecule has 0 aliphatic heterocycles. The van der Waals surface area contributed by atoms with Gasteiger partial charge in [-0.1, -0.05) is 17.7 Å².